The minimum atomic E-state index is -0.328. The maximum atomic E-state index is 12.2. The number of hydrogen-bond donors (Lipinski definition) is 2. The molecule has 2 aliphatic rings. The number of carbonyl (C=O) groups is 3. The Balaban J connectivity index is 1.77. The first-order chi connectivity index (χ1) is 10.1. The summed E-state index contributed by atoms with van der Waals surface area (Å²) in [5.41, 5.74) is 1.29. The topological polar surface area (TPSA) is 78.5 Å². The van der Waals surface area contributed by atoms with Crippen molar-refractivity contribution in [1.82, 2.24) is 10.2 Å². The van der Waals surface area contributed by atoms with Crippen LogP contribution in [0.2, 0.25) is 0 Å². The summed E-state index contributed by atoms with van der Waals surface area (Å²) in [5, 5.41) is 6.03. The van der Waals surface area contributed by atoms with Gasteiger partial charge >= 0.3 is 0 Å². The number of anilines is 1. The summed E-state index contributed by atoms with van der Waals surface area (Å²) in [6.07, 6.45) is 1.85. The highest BCUT2D eigenvalue weighted by atomic mass is 16.2. The number of rotatable bonds is 2. The molecule has 0 aromatic heterocycles. The van der Waals surface area contributed by atoms with Crippen LogP contribution in [-0.2, 0) is 4.79 Å². The molecule has 3 amide bonds. The van der Waals surface area contributed by atoms with E-state index in [9.17, 15) is 14.4 Å². The van der Waals surface area contributed by atoms with Crippen LogP contribution in [0.1, 0.15) is 33.6 Å². The average molecular weight is 287 g/mol. The van der Waals surface area contributed by atoms with Crippen LogP contribution in [0.4, 0.5) is 5.69 Å². The first-order valence-corrected chi connectivity index (χ1v) is 7.06. The largest absolute Gasteiger partial charge is 0.326 e. The second kappa shape index (κ2) is 5.29. The molecule has 2 heterocycles. The van der Waals surface area contributed by atoms with Gasteiger partial charge in [0.1, 0.15) is 0 Å². The van der Waals surface area contributed by atoms with Crippen LogP contribution < -0.4 is 10.6 Å². The molecule has 1 fully saturated rings. The van der Waals surface area contributed by atoms with E-state index in [-0.39, 0.29) is 23.6 Å². The van der Waals surface area contributed by atoms with Gasteiger partial charge in [-0.05, 0) is 37.6 Å². The van der Waals surface area contributed by atoms with Gasteiger partial charge in [-0.25, -0.2) is 0 Å². The first kappa shape index (κ1) is 13.8. The molecule has 21 heavy (non-hydrogen) atoms. The van der Waals surface area contributed by atoms with Crippen molar-refractivity contribution >= 4 is 23.4 Å². The highest BCUT2D eigenvalue weighted by molar-refractivity contribution is 6.21. The third-order valence-electron chi connectivity index (χ3n) is 4.02. The Hall–Kier alpha value is -2.21. The number of hydrogen-bond acceptors (Lipinski definition) is 4. The van der Waals surface area contributed by atoms with Gasteiger partial charge in [0.05, 0.1) is 17.0 Å². The number of amides is 3. The molecule has 0 unspecified atom stereocenters. The van der Waals surface area contributed by atoms with Crippen LogP contribution in [0.15, 0.2) is 18.2 Å². The number of fused-ring (bicyclic) bond motifs is 1. The van der Waals surface area contributed by atoms with Crippen LogP contribution in [0.5, 0.6) is 0 Å². The van der Waals surface area contributed by atoms with Crippen molar-refractivity contribution in [2.24, 2.45) is 5.92 Å². The quantitative estimate of drug-likeness (QED) is 0.790. The molecule has 0 aliphatic carbocycles. The van der Waals surface area contributed by atoms with Gasteiger partial charge in [-0.15, -0.1) is 0 Å². The van der Waals surface area contributed by atoms with Gasteiger partial charge in [0.2, 0.25) is 5.91 Å². The van der Waals surface area contributed by atoms with E-state index in [0.717, 1.165) is 24.3 Å². The fourth-order valence-electron chi connectivity index (χ4n) is 2.76. The molecule has 1 aromatic rings. The third-order valence-corrected chi connectivity index (χ3v) is 4.02. The standard InChI is InChI=1S/C15H17N3O3/c1-18-14(20)11-5-4-10(7-12(11)15(18)21)17-13(19)9-3-2-6-16-8-9/h4-5,7,9,16H,2-3,6,8H2,1H3,(H,17,19)/t9-/m0/s1. The van der Waals surface area contributed by atoms with E-state index in [0.29, 0.717) is 23.4 Å². The Labute approximate surface area is 122 Å². The predicted octanol–water partition coefficient (Wildman–Crippen LogP) is 0.850. The molecule has 110 valence electrons. The molecule has 1 aromatic carbocycles. The molecular weight excluding hydrogens is 270 g/mol. The van der Waals surface area contributed by atoms with Gasteiger partial charge < -0.3 is 10.6 Å². The van der Waals surface area contributed by atoms with E-state index in [1.807, 2.05) is 0 Å². The van der Waals surface area contributed by atoms with Gasteiger partial charge in [0, 0.05) is 19.3 Å². The molecular formula is C15H17N3O3. The lowest BCUT2D eigenvalue weighted by Gasteiger charge is -2.21. The van der Waals surface area contributed by atoms with Crippen molar-refractivity contribution in [2.75, 3.05) is 25.5 Å². The van der Waals surface area contributed by atoms with E-state index < -0.39 is 0 Å². The SMILES string of the molecule is CN1C(=O)c2ccc(NC(=O)[C@H]3CCCNC3)cc2C1=O. The van der Waals surface area contributed by atoms with E-state index in [4.69, 9.17) is 0 Å². The zero-order valence-electron chi connectivity index (χ0n) is 11.8. The Kier molecular flexibility index (Phi) is 3.47. The number of benzene rings is 1. The van der Waals surface area contributed by atoms with E-state index in [2.05, 4.69) is 10.6 Å². The first-order valence-electron chi connectivity index (χ1n) is 7.06. The van der Waals surface area contributed by atoms with Gasteiger partial charge in [-0.2, -0.15) is 0 Å². The maximum absolute atomic E-state index is 12.2. The molecule has 0 radical (unpaired) electrons. The summed E-state index contributed by atoms with van der Waals surface area (Å²) in [7, 11) is 1.45. The Bertz CT molecular complexity index is 621. The summed E-state index contributed by atoms with van der Waals surface area (Å²) in [4.78, 5) is 37.0. The summed E-state index contributed by atoms with van der Waals surface area (Å²) in [5.74, 6) is -0.728. The molecule has 2 aliphatic heterocycles. The Morgan fingerprint density at radius 3 is 2.76 bits per heavy atom. The second-order valence-corrected chi connectivity index (χ2v) is 5.46. The van der Waals surface area contributed by atoms with Crippen molar-refractivity contribution in [1.29, 1.82) is 0 Å². The van der Waals surface area contributed by atoms with Crippen LogP contribution in [0, 0.1) is 5.92 Å². The molecule has 0 saturated carbocycles. The van der Waals surface area contributed by atoms with Crippen LogP contribution in [0.3, 0.4) is 0 Å². The minimum Gasteiger partial charge on any atom is -0.326 e. The summed E-state index contributed by atoms with van der Waals surface area (Å²) in [6, 6.07) is 4.83. The molecule has 3 rings (SSSR count). The molecule has 1 saturated heterocycles. The average Bonchev–Trinajstić information content (AvgIpc) is 2.73. The van der Waals surface area contributed by atoms with Gasteiger partial charge in [0.15, 0.2) is 0 Å². The summed E-state index contributed by atoms with van der Waals surface area (Å²) in [6.45, 7) is 1.63. The highest BCUT2D eigenvalue weighted by Gasteiger charge is 2.33. The zero-order valence-corrected chi connectivity index (χ0v) is 11.8. The lowest BCUT2D eigenvalue weighted by atomic mass is 9.98. The predicted molar refractivity (Wildman–Crippen MR) is 77.1 cm³/mol. The van der Waals surface area contributed by atoms with Crippen molar-refractivity contribution in [3.05, 3.63) is 29.3 Å². The molecule has 0 bridgehead atoms. The van der Waals surface area contributed by atoms with Crippen molar-refractivity contribution in [3.63, 3.8) is 0 Å². The van der Waals surface area contributed by atoms with Crippen molar-refractivity contribution in [3.8, 4) is 0 Å². The monoisotopic (exact) mass is 287 g/mol. The molecule has 0 spiro atoms. The minimum absolute atomic E-state index is 0.0488. The Morgan fingerprint density at radius 1 is 1.29 bits per heavy atom. The maximum Gasteiger partial charge on any atom is 0.261 e. The second-order valence-electron chi connectivity index (χ2n) is 5.46. The number of carbonyl (C=O) groups excluding carboxylic acids is 3. The normalized spacial score (nSPS) is 21.4. The number of nitrogens with zero attached hydrogens (tertiary/aromatic N) is 1. The van der Waals surface area contributed by atoms with E-state index >= 15 is 0 Å². The summed E-state index contributed by atoms with van der Waals surface area (Å²) >= 11 is 0. The van der Waals surface area contributed by atoms with Gasteiger partial charge in [0.25, 0.3) is 11.8 Å². The number of imide groups is 1. The molecule has 1 atom stereocenters. The summed E-state index contributed by atoms with van der Waals surface area (Å²) < 4.78 is 0. The fourth-order valence-corrected chi connectivity index (χ4v) is 2.76. The van der Waals surface area contributed by atoms with Crippen LogP contribution >= 0.6 is 0 Å². The van der Waals surface area contributed by atoms with Crippen molar-refractivity contribution in [2.45, 2.75) is 12.8 Å². The number of piperidine rings is 1. The Morgan fingerprint density at radius 2 is 2.05 bits per heavy atom. The lowest BCUT2D eigenvalue weighted by molar-refractivity contribution is -0.120. The number of nitrogens with one attached hydrogen (secondary N) is 2. The molecule has 6 nitrogen and oxygen atoms in total. The van der Waals surface area contributed by atoms with Gasteiger partial charge in [-0.1, -0.05) is 0 Å². The molecule has 2 N–H and O–H groups in total. The zero-order chi connectivity index (χ0) is 15.0. The lowest BCUT2D eigenvalue weighted by Crippen LogP contribution is -2.37. The molecule has 6 heteroatoms. The van der Waals surface area contributed by atoms with Crippen LogP contribution in [-0.4, -0.2) is 42.8 Å². The fraction of sp³-hybridized carbons (Fsp3) is 0.400. The van der Waals surface area contributed by atoms with E-state index in [1.165, 1.54) is 7.05 Å². The van der Waals surface area contributed by atoms with E-state index in [1.54, 1.807) is 18.2 Å². The highest BCUT2D eigenvalue weighted by Crippen LogP contribution is 2.25. The van der Waals surface area contributed by atoms with Crippen LogP contribution in [0.25, 0.3) is 0 Å². The third kappa shape index (κ3) is 2.42. The van der Waals surface area contributed by atoms with Crippen molar-refractivity contribution < 1.29 is 14.4 Å². The van der Waals surface area contributed by atoms with Gasteiger partial charge in [-0.3, -0.25) is 19.3 Å². The smallest absolute Gasteiger partial charge is 0.261 e.